The highest BCUT2D eigenvalue weighted by atomic mass is 32.2. The lowest BCUT2D eigenvalue weighted by atomic mass is 9.85. The first-order chi connectivity index (χ1) is 10.5. The second-order valence-electron chi connectivity index (χ2n) is 7.32. The van der Waals surface area contributed by atoms with Crippen LogP contribution >= 0.6 is 0 Å². The number of aryl methyl sites for hydroxylation is 1. The van der Waals surface area contributed by atoms with E-state index in [2.05, 4.69) is 25.5 Å². The van der Waals surface area contributed by atoms with Crippen LogP contribution in [0.3, 0.4) is 0 Å². The van der Waals surface area contributed by atoms with Crippen molar-refractivity contribution in [3.05, 3.63) is 28.8 Å². The Bertz CT molecular complexity index is 677. The summed E-state index contributed by atoms with van der Waals surface area (Å²) < 4.78 is 33.5. The van der Waals surface area contributed by atoms with E-state index in [9.17, 15) is 13.5 Å². The molecule has 23 heavy (non-hydrogen) atoms. The largest absolute Gasteiger partial charge is 0.391 e. The molecule has 6 heteroatoms. The van der Waals surface area contributed by atoms with Gasteiger partial charge in [-0.3, -0.25) is 0 Å². The van der Waals surface area contributed by atoms with E-state index in [1.807, 2.05) is 19.9 Å². The molecule has 0 spiro atoms. The van der Waals surface area contributed by atoms with E-state index in [0.717, 1.165) is 16.7 Å². The minimum atomic E-state index is -3.72. The highest BCUT2D eigenvalue weighted by Gasteiger charge is 2.30. The Hall–Kier alpha value is -0.950. The lowest BCUT2D eigenvalue weighted by molar-refractivity contribution is -0.00841. The Morgan fingerprint density at radius 3 is 2.48 bits per heavy atom. The average molecular weight is 341 g/mol. The summed E-state index contributed by atoms with van der Waals surface area (Å²) in [7, 11) is -3.72. The number of ether oxygens (including phenoxy) is 1. The smallest absolute Gasteiger partial charge is 0.241 e. The molecule has 1 aromatic carbocycles. The maximum absolute atomic E-state index is 12.8. The van der Waals surface area contributed by atoms with Crippen molar-refractivity contribution in [3.63, 3.8) is 0 Å². The molecule has 1 heterocycles. The normalized spacial score (nSPS) is 23.0. The molecule has 5 nitrogen and oxygen atoms in total. The summed E-state index contributed by atoms with van der Waals surface area (Å²) in [5.41, 5.74) is 2.51. The van der Waals surface area contributed by atoms with E-state index >= 15 is 0 Å². The van der Waals surface area contributed by atoms with Crippen molar-refractivity contribution in [2.45, 2.75) is 63.5 Å². The van der Waals surface area contributed by atoms with Crippen LogP contribution < -0.4 is 4.72 Å². The van der Waals surface area contributed by atoms with Crippen molar-refractivity contribution in [1.29, 1.82) is 0 Å². The first-order valence-corrected chi connectivity index (χ1v) is 9.40. The molecule has 0 unspecified atom stereocenters. The molecule has 1 aliphatic rings. The Morgan fingerprint density at radius 1 is 1.26 bits per heavy atom. The quantitative estimate of drug-likeness (QED) is 0.882. The summed E-state index contributed by atoms with van der Waals surface area (Å²) in [6, 6.07) is 3.17. The van der Waals surface area contributed by atoms with Crippen molar-refractivity contribution in [1.82, 2.24) is 4.72 Å². The van der Waals surface area contributed by atoms with Crippen LogP contribution in [0.1, 0.15) is 43.9 Å². The Balaban J connectivity index is 2.41. The van der Waals surface area contributed by atoms with Crippen molar-refractivity contribution in [2.24, 2.45) is 0 Å². The van der Waals surface area contributed by atoms with Crippen LogP contribution in [0.4, 0.5) is 0 Å². The van der Waals surface area contributed by atoms with Crippen LogP contribution in [0, 0.1) is 13.8 Å². The molecule has 2 rings (SSSR count). The molecule has 1 aliphatic heterocycles. The van der Waals surface area contributed by atoms with Crippen LogP contribution in [0.25, 0.3) is 0 Å². The number of aliphatic hydroxyl groups is 1. The van der Waals surface area contributed by atoms with Crippen LogP contribution in [0.2, 0.25) is 0 Å². The van der Waals surface area contributed by atoms with E-state index in [1.165, 1.54) is 0 Å². The molecule has 0 aromatic heterocycles. The third-order valence-electron chi connectivity index (χ3n) is 4.40. The molecular formula is C17H27NO4S. The molecule has 130 valence electrons. The summed E-state index contributed by atoms with van der Waals surface area (Å²) in [4.78, 5) is 0.278. The zero-order valence-electron chi connectivity index (χ0n) is 14.5. The molecular weight excluding hydrogens is 314 g/mol. The number of hydrogen-bond acceptors (Lipinski definition) is 4. The minimum Gasteiger partial charge on any atom is -0.391 e. The van der Waals surface area contributed by atoms with Gasteiger partial charge in [-0.05, 0) is 48.4 Å². The Labute approximate surface area is 139 Å². The van der Waals surface area contributed by atoms with Crippen molar-refractivity contribution in [3.8, 4) is 0 Å². The van der Waals surface area contributed by atoms with Gasteiger partial charge in [0.05, 0.1) is 23.6 Å². The van der Waals surface area contributed by atoms with Gasteiger partial charge in [0.25, 0.3) is 0 Å². The molecule has 0 bridgehead atoms. The van der Waals surface area contributed by atoms with Gasteiger partial charge in [-0.15, -0.1) is 0 Å². The van der Waals surface area contributed by atoms with E-state index in [1.54, 1.807) is 6.07 Å². The number of aliphatic hydroxyl groups excluding tert-OH is 1. The molecule has 1 saturated heterocycles. The average Bonchev–Trinajstić information content (AvgIpc) is 2.42. The summed E-state index contributed by atoms with van der Waals surface area (Å²) in [6.45, 7) is 10.5. The van der Waals surface area contributed by atoms with Gasteiger partial charge in [0.15, 0.2) is 0 Å². The number of sulfonamides is 1. The molecule has 0 amide bonds. The van der Waals surface area contributed by atoms with Gasteiger partial charge >= 0.3 is 0 Å². The second kappa shape index (κ2) is 6.51. The van der Waals surface area contributed by atoms with Crippen LogP contribution in [-0.4, -0.2) is 38.9 Å². The molecule has 0 radical (unpaired) electrons. The zero-order chi connectivity index (χ0) is 17.4. The minimum absolute atomic E-state index is 0.143. The summed E-state index contributed by atoms with van der Waals surface area (Å²) in [5, 5.41) is 9.98. The van der Waals surface area contributed by atoms with Crippen LogP contribution in [-0.2, 0) is 20.2 Å². The monoisotopic (exact) mass is 341 g/mol. The first-order valence-electron chi connectivity index (χ1n) is 7.92. The maximum atomic E-state index is 12.8. The van der Waals surface area contributed by atoms with Gasteiger partial charge in [0.1, 0.15) is 0 Å². The summed E-state index contributed by atoms with van der Waals surface area (Å²) in [6.07, 6.45) is -0.279. The molecule has 1 aromatic rings. The SMILES string of the molecule is Cc1cc(C(C)(C)C)cc(S(=O)(=O)N[C@@H]2COCC[C@H]2O)c1C. The van der Waals surface area contributed by atoms with Crippen molar-refractivity contribution >= 4 is 10.0 Å². The first kappa shape index (κ1) is 18.4. The topological polar surface area (TPSA) is 75.6 Å². The highest BCUT2D eigenvalue weighted by molar-refractivity contribution is 7.89. The van der Waals surface area contributed by atoms with Gasteiger partial charge in [-0.2, -0.15) is 0 Å². The maximum Gasteiger partial charge on any atom is 0.241 e. The predicted octanol–water partition coefficient (Wildman–Crippen LogP) is 2.03. The lowest BCUT2D eigenvalue weighted by Gasteiger charge is -2.29. The fourth-order valence-electron chi connectivity index (χ4n) is 2.64. The highest BCUT2D eigenvalue weighted by Crippen LogP contribution is 2.29. The molecule has 0 aliphatic carbocycles. The predicted molar refractivity (Wildman–Crippen MR) is 90.2 cm³/mol. The number of nitrogens with one attached hydrogen (secondary N) is 1. The second-order valence-corrected chi connectivity index (χ2v) is 9.01. The van der Waals surface area contributed by atoms with Gasteiger partial charge < -0.3 is 9.84 Å². The molecule has 0 saturated carbocycles. The Kier molecular flexibility index (Phi) is 5.21. The van der Waals surface area contributed by atoms with E-state index in [-0.39, 0.29) is 16.9 Å². The van der Waals surface area contributed by atoms with E-state index in [4.69, 9.17) is 4.74 Å². The fraction of sp³-hybridized carbons (Fsp3) is 0.647. The fourth-order valence-corrected chi connectivity index (χ4v) is 4.24. The van der Waals surface area contributed by atoms with Crippen LogP contribution in [0.5, 0.6) is 0 Å². The third kappa shape index (κ3) is 4.12. The van der Waals surface area contributed by atoms with Gasteiger partial charge in [0, 0.05) is 6.61 Å². The molecule has 2 atom stereocenters. The van der Waals surface area contributed by atoms with E-state index < -0.39 is 22.2 Å². The van der Waals surface area contributed by atoms with E-state index in [0.29, 0.717) is 13.0 Å². The van der Waals surface area contributed by atoms with Gasteiger partial charge in [-0.25, -0.2) is 13.1 Å². The Morgan fingerprint density at radius 2 is 1.91 bits per heavy atom. The van der Waals surface area contributed by atoms with Gasteiger partial charge in [0.2, 0.25) is 10.0 Å². The summed E-state index contributed by atoms with van der Waals surface area (Å²) in [5.74, 6) is 0. The molecule has 1 fully saturated rings. The number of hydrogen-bond donors (Lipinski definition) is 2. The summed E-state index contributed by atoms with van der Waals surface area (Å²) >= 11 is 0. The number of benzene rings is 1. The standard InChI is InChI=1S/C17H27NO4S/c1-11-8-13(17(3,4)5)9-16(12(11)2)23(20,21)18-14-10-22-7-6-15(14)19/h8-9,14-15,18-19H,6-7,10H2,1-5H3/t14-,15-/m1/s1. The number of rotatable bonds is 3. The van der Waals surface area contributed by atoms with Crippen molar-refractivity contribution in [2.75, 3.05) is 13.2 Å². The lowest BCUT2D eigenvalue weighted by Crippen LogP contribution is -2.49. The molecule has 2 N–H and O–H groups in total. The van der Waals surface area contributed by atoms with Crippen molar-refractivity contribution < 1.29 is 18.3 Å². The van der Waals surface area contributed by atoms with Crippen LogP contribution in [0.15, 0.2) is 17.0 Å². The zero-order valence-corrected chi connectivity index (χ0v) is 15.3. The third-order valence-corrected chi connectivity index (χ3v) is 6.02. The van der Waals surface area contributed by atoms with Gasteiger partial charge in [-0.1, -0.05) is 26.8 Å².